The second-order valence-corrected chi connectivity index (χ2v) is 7.39. The van der Waals surface area contributed by atoms with E-state index in [1.54, 1.807) is 37.6 Å². The number of methoxy groups -OCH3 is 1. The molecule has 0 aliphatic carbocycles. The zero-order valence-electron chi connectivity index (χ0n) is 17.3. The molecule has 0 saturated heterocycles. The summed E-state index contributed by atoms with van der Waals surface area (Å²) in [4.78, 5) is 12.4. The monoisotopic (exact) mass is 482 g/mol. The predicted octanol–water partition coefficient (Wildman–Crippen LogP) is 5.20. The molecule has 0 aliphatic heterocycles. The first-order chi connectivity index (χ1) is 15.1. The van der Waals surface area contributed by atoms with Gasteiger partial charge in [0.2, 0.25) is 0 Å². The number of carbonyl (C=O) groups is 1. The lowest BCUT2D eigenvalue weighted by molar-refractivity contribution is 0.0955. The van der Waals surface area contributed by atoms with E-state index >= 15 is 0 Å². The molecule has 1 amide bonds. The fourth-order valence-electron chi connectivity index (χ4n) is 2.76. The van der Waals surface area contributed by atoms with Crippen molar-refractivity contribution in [1.29, 1.82) is 0 Å². The van der Waals surface area contributed by atoms with Crippen molar-refractivity contribution in [2.24, 2.45) is 5.10 Å². The van der Waals surface area contributed by atoms with Gasteiger partial charge in [-0.1, -0.05) is 28.1 Å². The van der Waals surface area contributed by atoms with Crippen molar-refractivity contribution in [3.63, 3.8) is 0 Å². The predicted molar refractivity (Wildman–Crippen MR) is 124 cm³/mol. The average molecular weight is 483 g/mol. The van der Waals surface area contributed by atoms with Crippen LogP contribution in [0.5, 0.6) is 17.2 Å². The van der Waals surface area contributed by atoms with E-state index in [-0.39, 0.29) is 5.91 Å². The SMILES string of the molecule is CCOc1ccc(Br)cc1/C=N/NC(=O)c1ccc(OCc2cccc(OC)c2)cc1. The summed E-state index contributed by atoms with van der Waals surface area (Å²) in [7, 11) is 1.63. The Bertz CT molecular complexity index is 1050. The number of nitrogens with one attached hydrogen (secondary N) is 1. The highest BCUT2D eigenvalue weighted by Crippen LogP contribution is 2.22. The Morgan fingerprint density at radius 1 is 1.03 bits per heavy atom. The number of hydrazone groups is 1. The van der Waals surface area contributed by atoms with E-state index in [1.807, 2.05) is 49.4 Å². The summed E-state index contributed by atoms with van der Waals surface area (Å²) in [6.45, 7) is 2.86. The van der Waals surface area contributed by atoms with Crippen molar-refractivity contribution in [2.75, 3.05) is 13.7 Å². The number of nitrogens with zero attached hydrogens (tertiary/aromatic N) is 1. The minimum atomic E-state index is -0.316. The quantitative estimate of drug-likeness (QED) is 0.336. The van der Waals surface area contributed by atoms with E-state index in [0.29, 0.717) is 30.3 Å². The lowest BCUT2D eigenvalue weighted by Gasteiger charge is -2.08. The highest BCUT2D eigenvalue weighted by atomic mass is 79.9. The van der Waals surface area contributed by atoms with Gasteiger partial charge in [0.05, 0.1) is 19.9 Å². The number of hydrogen-bond acceptors (Lipinski definition) is 5. The Morgan fingerprint density at radius 2 is 1.84 bits per heavy atom. The van der Waals surface area contributed by atoms with Crippen LogP contribution >= 0.6 is 15.9 Å². The normalized spacial score (nSPS) is 10.7. The van der Waals surface area contributed by atoms with Crippen molar-refractivity contribution in [2.45, 2.75) is 13.5 Å². The average Bonchev–Trinajstić information content (AvgIpc) is 2.80. The second kappa shape index (κ2) is 11.2. The Kier molecular flexibility index (Phi) is 8.06. The molecule has 31 heavy (non-hydrogen) atoms. The molecule has 3 aromatic rings. The van der Waals surface area contributed by atoms with Crippen LogP contribution in [0.2, 0.25) is 0 Å². The van der Waals surface area contributed by atoms with Gasteiger partial charge in [0.25, 0.3) is 5.91 Å². The second-order valence-electron chi connectivity index (χ2n) is 6.48. The molecule has 0 fully saturated rings. The lowest BCUT2D eigenvalue weighted by atomic mass is 10.2. The number of carbonyl (C=O) groups excluding carboxylic acids is 1. The van der Waals surface area contributed by atoms with Gasteiger partial charge >= 0.3 is 0 Å². The maximum absolute atomic E-state index is 12.4. The number of amides is 1. The summed E-state index contributed by atoms with van der Waals surface area (Å²) in [6, 6.07) is 20.2. The van der Waals surface area contributed by atoms with Gasteiger partial charge in [0.1, 0.15) is 23.9 Å². The van der Waals surface area contributed by atoms with Crippen LogP contribution in [0.25, 0.3) is 0 Å². The Morgan fingerprint density at radius 3 is 2.58 bits per heavy atom. The van der Waals surface area contributed by atoms with Crippen LogP contribution in [0, 0.1) is 0 Å². The number of ether oxygens (including phenoxy) is 3. The maximum atomic E-state index is 12.4. The summed E-state index contributed by atoms with van der Waals surface area (Å²) >= 11 is 3.42. The number of halogens is 1. The van der Waals surface area contributed by atoms with Gasteiger partial charge in [-0.2, -0.15) is 5.10 Å². The van der Waals surface area contributed by atoms with E-state index in [2.05, 4.69) is 26.5 Å². The minimum absolute atomic E-state index is 0.316. The zero-order chi connectivity index (χ0) is 22.1. The third-order valence-corrected chi connectivity index (χ3v) is 4.79. The van der Waals surface area contributed by atoms with Gasteiger partial charge in [-0.25, -0.2) is 5.43 Å². The number of benzene rings is 3. The molecule has 0 atom stereocenters. The molecule has 7 heteroatoms. The molecule has 0 bridgehead atoms. The summed E-state index contributed by atoms with van der Waals surface area (Å²) in [5, 5.41) is 4.05. The smallest absolute Gasteiger partial charge is 0.271 e. The first-order valence-corrected chi connectivity index (χ1v) is 10.5. The summed E-state index contributed by atoms with van der Waals surface area (Å²) in [6.07, 6.45) is 1.55. The van der Waals surface area contributed by atoms with E-state index in [9.17, 15) is 4.79 Å². The Labute approximate surface area is 190 Å². The Hall–Kier alpha value is -3.32. The van der Waals surface area contributed by atoms with Crippen molar-refractivity contribution < 1.29 is 19.0 Å². The lowest BCUT2D eigenvalue weighted by Crippen LogP contribution is -2.17. The number of hydrogen-bond donors (Lipinski definition) is 1. The summed E-state index contributed by atoms with van der Waals surface area (Å²) in [5.41, 5.74) is 4.76. The van der Waals surface area contributed by atoms with Crippen LogP contribution in [0.3, 0.4) is 0 Å². The first kappa shape index (κ1) is 22.4. The van der Waals surface area contributed by atoms with Crippen LogP contribution in [-0.4, -0.2) is 25.8 Å². The molecule has 0 aromatic heterocycles. The van der Waals surface area contributed by atoms with Crippen molar-refractivity contribution in [3.8, 4) is 17.2 Å². The molecule has 0 unspecified atom stereocenters. The fourth-order valence-corrected chi connectivity index (χ4v) is 3.14. The van der Waals surface area contributed by atoms with Crippen LogP contribution in [0.1, 0.15) is 28.4 Å². The van der Waals surface area contributed by atoms with E-state index in [4.69, 9.17) is 14.2 Å². The van der Waals surface area contributed by atoms with Gasteiger partial charge in [-0.15, -0.1) is 0 Å². The van der Waals surface area contributed by atoms with E-state index in [0.717, 1.165) is 21.3 Å². The molecule has 1 N–H and O–H groups in total. The molecule has 0 spiro atoms. The third-order valence-electron chi connectivity index (χ3n) is 4.30. The van der Waals surface area contributed by atoms with Gasteiger partial charge in [-0.3, -0.25) is 4.79 Å². The van der Waals surface area contributed by atoms with Gasteiger partial charge in [0.15, 0.2) is 0 Å². The molecular formula is C24H23BrN2O4. The van der Waals surface area contributed by atoms with Crippen LogP contribution in [0.15, 0.2) is 76.3 Å². The molecule has 160 valence electrons. The molecular weight excluding hydrogens is 460 g/mol. The molecule has 0 radical (unpaired) electrons. The van der Waals surface area contributed by atoms with Crippen molar-refractivity contribution in [1.82, 2.24) is 5.43 Å². The molecule has 3 rings (SSSR count). The minimum Gasteiger partial charge on any atom is -0.497 e. The zero-order valence-corrected chi connectivity index (χ0v) is 18.9. The molecule has 0 saturated carbocycles. The molecule has 3 aromatic carbocycles. The van der Waals surface area contributed by atoms with Crippen LogP contribution < -0.4 is 19.6 Å². The van der Waals surface area contributed by atoms with Gasteiger partial charge < -0.3 is 14.2 Å². The first-order valence-electron chi connectivity index (χ1n) is 9.70. The fraction of sp³-hybridized carbons (Fsp3) is 0.167. The van der Waals surface area contributed by atoms with Crippen molar-refractivity contribution in [3.05, 3.63) is 87.9 Å². The summed E-state index contributed by atoms with van der Waals surface area (Å²) < 4.78 is 17.5. The molecule has 6 nitrogen and oxygen atoms in total. The highest BCUT2D eigenvalue weighted by molar-refractivity contribution is 9.10. The van der Waals surface area contributed by atoms with Crippen LogP contribution in [-0.2, 0) is 6.61 Å². The third kappa shape index (κ3) is 6.58. The van der Waals surface area contributed by atoms with E-state index < -0.39 is 0 Å². The Balaban J connectivity index is 1.56. The number of rotatable bonds is 9. The van der Waals surface area contributed by atoms with E-state index in [1.165, 1.54) is 0 Å². The standard InChI is InChI=1S/C24H23BrN2O4/c1-3-30-23-12-9-20(25)14-19(23)15-26-27-24(28)18-7-10-21(11-8-18)31-16-17-5-4-6-22(13-17)29-2/h4-15H,3,16H2,1-2H3,(H,27,28)/b26-15+. The highest BCUT2D eigenvalue weighted by Gasteiger charge is 2.06. The topological polar surface area (TPSA) is 69.2 Å². The van der Waals surface area contributed by atoms with Gasteiger partial charge in [0, 0.05) is 15.6 Å². The maximum Gasteiger partial charge on any atom is 0.271 e. The molecule has 0 aliphatic rings. The van der Waals surface area contributed by atoms with Crippen LogP contribution in [0.4, 0.5) is 0 Å². The van der Waals surface area contributed by atoms with Gasteiger partial charge in [-0.05, 0) is 67.1 Å². The van der Waals surface area contributed by atoms with Crippen molar-refractivity contribution >= 4 is 28.1 Å². The molecule has 0 heterocycles. The largest absolute Gasteiger partial charge is 0.497 e. The summed E-state index contributed by atoms with van der Waals surface area (Å²) in [5.74, 6) is 1.83.